The minimum absolute atomic E-state index is 0.0878. The highest BCUT2D eigenvalue weighted by Gasteiger charge is 2.22. The topological polar surface area (TPSA) is 79.8 Å². The zero-order valence-corrected chi connectivity index (χ0v) is 18.8. The molecule has 0 radical (unpaired) electrons. The third-order valence-corrected chi connectivity index (χ3v) is 5.53. The van der Waals surface area contributed by atoms with E-state index in [0.29, 0.717) is 17.3 Å². The molecule has 158 valence electrons. The van der Waals surface area contributed by atoms with Crippen molar-refractivity contribution in [3.63, 3.8) is 0 Å². The van der Waals surface area contributed by atoms with Crippen molar-refractivity contribution in [1.29, 1.82) is 0 Å². The first-order valence-electron chi connectivity index (χ1n) is 10.2. The van der Waals surface area contributed by atoms with Gasteiger partial charge in [0.1, 0.15) is 22.4 Å². The number of carbonyl (C=O) groups is 1. The summed E-state index contributed by atoms with van der Waals surface area (Å²) < 4.78 is 0. The molecule has 0 unspecified atom stereocenters. The van der Waals surface area contributed by atoms with Crippen LogP contribution >= 0.6 is 11.3 Å². The van der Waals surface area contributed by atoms with Crippen molar-refractivity contribution in [1.82, 2.24) is 20.3 Å². The quantitative estimate of drug-likeness (QED) is 0.458. The van der Waals surface area contributed by atoms with Gasteiger partial charge in [0.25, 0.3) is 0 Å². The van der Waals surface area contributed by atoms with Gasteiger partial charge in [0, 0.05) is 22.7 Å². The summed E-state index contributed by atoms with van der Waals surface area (Å²) in [5.41, 5.74) is 2.50. The van der Waals surface area contributed by atoms with E-state index in [1.165, 1.54) is 0 Å². The predicted molar refractivity (Wildman–Crippen MR) is 127 cm³/mol. The Balaban J connectivity index is 1.81. The Hall–Kier alpha value is -3.32. The highest BCUT2D eigenvalue weighted by Crippen LogP contribution is 2.38. The maximum Gasteiger partial charge on any atom is 0.242 e. The summed E-state index contributed by atoms with van der Waals surface area (Å²) in [7, 11) is 0. The summed E-state index contributed by atoms with van der Waals surface area (Å²) in [4.78, 5) is 27.5. The third kappa shape index (κ3) is 4.72. The number of fused-ring (bicyclic) bond motifs is 1. The standard InChI is InChI=1S/C24H25N5OS/c1-15(22(30)29-24(2,3)4)26-21-19-17(16-10-6-5-7-11-16)14-31-23(19)28-20(27-21)18-12-8-9-13-25-18/h5-15H,1-4H3,(H,29,30)(H,26,27,28)/t15-/m0/s1. The van der Waals surface area contributed by atoms with E-state index in [9.17, 15) is 4.79 Å². The lowest BCUT2D eigenvalue weighted by molar-refractivity contribution is -0.122. The molecule has 6 nitrogen and oxygen atoms in total. The Morgan fingerprint density at radius 3 is 2.45 bits per heavy atom. The van der Waals surface area contributed by atoms with Crippen LogP contribution in [0, 0.1) is 0 Å². The molecule has 0 aliphatic carbocycles. The van der Waals surface area contributed by atoms with Crippen molar-refractivity contribution in [2.75, 3.05) is 5.32 Å². The van der Waals surface area contributed by atoms with Gasteiger partial charge < -0.3 is 10.6 Å². The molecule has 4 aromatic rings. The van der Waals surface area contributed by atoms with Gasteiger partial charge in [-0.05, 0) is 45.4 Å². The molecule has 1 atom stereocenters. The summed E-state index contributed by atoms with van der Waals surface area (Å²) in [6, 6.07) is 15.3. The maximum atomic E-state index is 12.7. The number of carbonyl (C=O) groups excluding carboxylic acids is 1. The molecule has 7 heteroatoms. The zero-order chi connectivity index (χ0) is 22.0. The summed E-state index contributed by atoms with van der Waals surface area (Å²) in [6.07, 6.45) is 1.72. The molecule has 31 heavy (non-hydrogen) atoms. The van der Waals surface area contributed by atoms with Crippen LogP contribution in [-0.4, -0.2) is 32.4 Å². The van der Waals surface area contributed by atoms with E-state index in [1.54, 1.807) is 17.5 Å². The first kappa shape index (κ1) is 20.9. The number of anilines is 1. The second-order valence-electron chi connectivity index (χ2n) is 8.41. The molecule has 0 saturated heterocycles. The van der Waals surface area contributed by atoms with E-state index in [1.807, 2.05) is 64.1 Å². The van der Waals surface area contributed by atoms with E-state index in [0.717, 1.165) is 21.3 Å². The molecule has 0 aliphatic heterocycles. The normalized spacial score (nSPS) is 12.5. The summed E-state index contributed by atoms with van der Waals surface area (Å²) in [5, 5.41) is 9.34. The Morgan fingerprint density at radius 1 is 1.03 bits per heavy atom. The average molecular weight is 432 g/mol. The Morgan fingerprint density at radius 2 is 1.77 bits per heavy atom. The maximum absolute atomic E-state index is 12.7. The molecule has 3 aromatic heterocycles. The van der Waals surface area contributed by atoms with Gasteiger partial charge in [0.05, 0.1) is 5.39 Å². The fourth-order valence-corrected chi connectivity index (χ4v) is 4.18. The van der Waals surface area contributed by atoms with Gasteiger partial charge >= 0.3 is 0 Å². The zero-order valence-electron chi connectivity index (χ0n) is 18.0. The minimum Gasteiger partial charge on any atom is -0.358 e. The molecule has 2 N–H and O–H groups in total. The van der Waals surface area contributed by atoms with Gasteiger partial charge in [-0.15, -0.1) is 11.3 Å². The van der Waals surface area contributed by atoms with Gasteiger partial charge in [0.2, 0.25) is 5.91 Å². The number of amides is 1. The van der Waals surface area contributed by atoms with Crippen LogP contribution in [0.5, 0.6) is 0 Å². The third-order valence-electron chi connectivity index (χ3n) is 4.66. The van der Waals surface area contributed by atoms with Crippen molar-refractivity contribution in [3.05, 3.63) is 60.1 Å². The van der Waals surface area contributed by atoms with Crippen molar-refractivity contribution in [2.45, 2.75) is 39.3 Å². The Labute approximate surface area is 185 Å². The predicted octanol–water partition coefficient (Wildman–Crippen LogP) is 5.14. The van der Waals surface area contributed by atoms with Crippen molar-refractivity contribution in [2.24, 2.45) is 0 Å². The molecular formula is C24H25N5OS. The van der Waals surface area contributed by atoms with Crippen LogP contribution < -0.4 is 10.6 Å². The van der Waals surface area contributed by atoms with E-state index < -0.39 is 6.04 Å². The highest BCUT2D eigenvalue weighted by atomic mass is 32.1. The molecule has 1 amide bonds. The molecule has 4 rings (SSSR count). The number of hydrogen-bond donors (Lipinski definition) is 2. The van der Waals surface area contributed by atoms with Crippen LogP contribution in [0.1, 0.15) is 27.7 Å². The van der Waals surface area contributed by atoms with Crippen LogP contribution in [0.15, 0.2) is 60.1 Å². The highest BCUT2D eigenvalue weighted by molar-refractivity contribution is 7.17. The molecule has 0 fully saturated rings. The monoisotopic (exact) mass is 431 g/mol. The fourth-order valence-electron chi connectivity index (χ4n) is 3.23. The lowest BCUT2D eigenvalue weighted by Crippen LogP contribution is -2.47. The van der Waals surface area contributed by atoms with E-state index in [-0.39, 0.29) is 11.4 Å². The average Bonchev–Trinajstić information content (AvgIpc) is 3.18. The van der Waals surface area contributed by atoms with Crippen molar-refractivity contribution in [3.8, 4) is 22.6 Å². The van der Waals surface area contributed by atoms with Gasteiger partial charge in [-0.3, -0.25) is 9.78 Å². The van der Waals surface area contributed by atoms with Gasteiger partial charge in [-0.25, -0.2) is 9.97 Å². The number of nitrogens with zero attached hydrogens (tertiary/aromatic N) is 3. The SMILES string of the molecule is C[C@H](Nc1nc(-c2ccccn2)nc2scc(-c3ccccc3)c12)C(=O)NC(C)(C)C. The number of benzene rings is 1. The Kier molecular flexibility index (Phi) is 5.69. The molecule has 1 aromatic carbocycles. The van der Waals surface area contributed by atoms with E-state index in [2.05, 4.69) is 33.1 Å². The number of rotatable bonds is 5. The molecular weight excluding hydrogens is 406 g/mol. The van der Waals surface area contributed by atoms with Crippen LogP contribution in [0.3, 0.4) is 0 Å². The number of nitrogens with one attached hydrogen (secondary N) is 2. The molecule has 3 heterocycles. The summed E-state index contributed by atoms with van der Waals surface area (Å²) in [5.74, 6) is 1.07. The van der Waals surface area contributed by atoms with Crippen molar-refractivity contribution >= 4 is 33.3 Å². The fraction of sp³-hybridized carbons (Fsp3) is 0.250. The molecule has 0 saturated carbocycles. The van der Waals surface area contributed by atoms with Crippen LogP contribution in [0.2, 0.25) is 0 Å². The second kappa shape index (κ2) is 8.43. The van der Waals surface area contributed by atoms with Gasteiger partial charge in [-0.1, -0.05) is 36.4 Å². The number of hydrogen-bond acceptors (Lipinski definition) is 6. The molecule has 0 aliphatic rings. The summed E-state index contributed by atoms with van der Waals surface area (Å²) in [6.45, 7) is 7.73. The first-order valence-corrected chi connectivity index (χ1v) is 11.0. The second-order valence-corrected chi connectivity index (χ2v) is 9.27. The molecule has 0 spiro atoms. The smallest absolute Gasteiger partial charge is 0.242 e. The Bertz CT molecular complexity index is 1200. The number of thiophene rings is 1. The van der Waals surface area contributed by atoms with Gasteiger partial charge in [0.15, 0.2) is 5.82 Å². The minimum atomic E-state index is -0.475. The lowest BCUT2D eigenvalue weighted by Gasteiger charge is -2.24. The van der Waals surface area contributed by atoms with Gasteiger partial charge in [-0.2, -0.15) is 0 Å². The van der Waals surface area contributed by atoms with Crippen LogP contribution in [-0.2, 0) is 4.79 Å². The largest absolute Gasteiger partial charge is 0.358 e. The van der Waals surface area contributed by atoms with Crippen LogP contribution in [0.4, 0.5) is 5.82 Å². The van der Waals surface area contributed by atoms with Crippen molar-refractivity contribution < 1.29 is 4.79 Å². The van der Waals surface area contributed by atoms with Crippen LogP contribution in [0.25, 0.3) is 32.9 Å². The van der Waals surface area contributed by atoms with E-state index >= 15 is 0 Å². The lowest BCUT2D eigenvalue weighted by atomic mass is 10.1. The summed E-state index contributed by atoms with van der Waals surface area (Å²) >= 11 is 1.56. The number of pyridine rings is 1. The number of aromatic nitrogens is 3. The van der Waals surface area contributed by atoms with E-state index in [4.69, 9.17) is 9.97 Å². The molecule has 0 bridgehead atoms. The first-order chi connectivity index (χ1) is 14.8.